The third-order valence-electron chi connectivity index (χ3n) is 3.31. The second-order valence-electron chi connectivity index (χ2n) is 5.07. The minimum absolute atomic E-state index is 0.158. The van der Waals surface area contributed by atoms with Crippen LogP contribution in [0.25, 0.3) is 11.3 Å². The number of aromatic nitrogens is 1. The average molecular weight is 327 g/mol. The van der Waals surface area contributed by atoms with Crippen LogP contribution in [0.5, 0.6) is 0 Å². The molecule has 2 N–H and O–H groups in total. The molecule has 1 aromatic carbocycles. The largest absolute Gasteiger partial charge is 0.467 e. The Morgan fingerprint density at radius 1 is 1.26 bits per heavy atom. The first-order valence-electron chi connectivity index (χ1n) is 7.30. The SMILES string of the molecule is CC(NC(=O)NCc1ccco1)c1nc(-c2ccccc2)cs1. The van der Waals surface area contributed by atoms with Crippen molar-refractivity contribution in [1.82, 2.24) is 15.6 Å². The number of furan rings is 1. The zero-order valence-corrected chi connectivity index (χ0v) is 13.5. The Labute approximate surface area is 138 Å². The van der Waals surface area contributed by atoms with Crippen molar-refractivity contribution in [3.63, 3.8) is 0 Å². The number of carbonyl (C=O) groups is 1. The van der Waals surface area contributed by atoms with E-state index in [0.29, 0.717) is 12.3 Å². The van der Waals surface area contributed by atoms with Gasteiger partial charge in [-0.25, -0.2) is 9.78 Å². The van der Waals surface area contributed by atoms with E-state index in [2.05, 4.69) is 15.6 Å². The van der Waals surface area contributed by atoms with E-state index >= 15 is 0 Å². The first kappa shape index (κ1) is 15.3. The van der Waals surface area contributed by atoms with Crippen LogP contribution in [0.15, 0.2) is 58.5 Å². The van der Waals surface area contributed by atoms with Gasteiger partial charge in [0.2, 0.25) is 0 Å². The minimum atomic E-state index is -0.245. The van der Waals surface area contributed by atoms with Gasteiger partial charge in [0.15, 0.2) is 0 Å². The first-order chi connectivity index (χ1) is 11.2. The Kier molecular flexibility index (Phi) is 4.73. The Hall–Kier alpha value is -2.60. The zero-order valence-electron chi connectivity index (χ0n) is 12.7. The van der Waals surface area contributed by atoms with Crippen LogP contribution in [0.4, 0.5) is 4.79 Å². The van der Waals surface area contributed by atoms with E-state index in [1.54, 1.807) is 12.3 Å². The molecule has 0 radical (unpaired) electrons. The van der Waals surface area contributed by atoms with Crippen molar-refractivity contribution in [3.05, 3.63) is 64.9 Å². The van der Waals surface area contributed by atoms with Gasteiger partial charge < -0.3 is 15.1 Å². The number of urea groups is 1. The molecule has 3 rings (SSSR count). The summed E-state index contributed by atoms with van der Waals surface area (Å²) in [4.78, 5) is 16.5. The molecule has 118 valence electrons. The maximum atomic E-state index is 11.9. The lowest BCUT2D eigenvalue weighted by atomic mass is 10.2. The normalized spacial score (nSPS) is 11.9. The van der Waals surface area contributed by atoms with E-state index in [0.717, 1.165) is 16.3 Å². The summed E-state index contributed by atoms with van der Waals surface area (Å²) >= 11 is 1.54. The van der Waals surface area contributed by atoms with E-state index in [4.69, 9.17) is 4.42 Å². The van der Waals surface area contributed by atoms with Crippen molar-refractivity contribution < 1.29 is 9.21 Å². The van der Waals surface area contributed by atoms with Crippen LogP contribution in [0.1, 0.15) is 23.7 Å². The maximum absolute atomic E-state index is 11.9. The summed E-state index contributed by atoms with van der Waals surface area (Å²) in [6, 6.07) is 13.2. The molecule has 0 saturated heterocycles. The molecule has 3 aromatic rings. The van der Waals surface area contributed by atoms with Gasteiger partial charge in [-0.3, -0.25) is 0 Å². The standard InChI is InChI=1S/C17H17N3O2S/c1-12(19-17(21)18-10-14-8-5-9-22-14)16-20-15(11-23-16)13-6-3-2-4-7-13/h2-9,11-12H,10H2,1H3,(H2,18,19,21). The van der Waals surface area contributed by atoms with E-state index in [1.165, 1.54) is 11.3 Å². The molecule has 23 heavy (non-hydrogen) atoms. The predicted molar refractivity (Wildman–Crippen MR) is 90.0 cm³/mol. The molecular weight excluding hydrogens is 310 g/mol. The molecule has 1 unspecified atom stereocenters. The molecule has 0 fully saturated rings. The molecule has 0 spiro atoms. The van der Waals surface area contributed by atoms with Crippen molar-refractivity contribution in [2.45, 2.75) is 19.5 Å². The van der Waals surface area contributed by atoms with E-state index in [1.807, 2.05) is 48.7 Å². The van der Waals surface area contributed by atoms with Gasteiger partial charge in [-0.05, 0) is 19.1 Å². The van der Waals surface area contributed by atoms with Crippen molar-refractivity contribution in [1.29, 1.82) is 0 Å². The first-order valence-corrected chi connectivity index (χ1v) is 8.18. The Bertz CT molecular complexity index is 753. The summed E-state index contributed by atoms with van der Waals surface area (Å²) in [6.07, 6.45) is 1.58. The molecule has 0 aliphatic rings. The smallest absolute Gasteiger partial charge is 0.315 e. The maximum Gasteiger partial charge on any atom is 0.315 e. The van der Waals surface area contributed by atoms with Gasteiger partial charge in [-0.2, -0.15) is 0 Å². The van der Waals surface area contributed by atoms with Gasteiger partial charge in [-0.15, -0.1) is 11.3 Å². The van der Waals surface area contributed by atoms with Gasteiger partial charge in [0.25, 0.3) is 0 Å². The minimum Gasteiger partial charge on any atom is -0.467 e. The van der Waals surface area contributed by atoms with Crippen LogP contribution in [0.2, 0.25) is 0 Å². The summed E-state index contributed by atoms with van der Waals surface area (Å²) in [5, 5.41) is 8.51. The van der Waals surface area contributed by atoms with Crippen LogP contribution < -0.4 is 10.6 Å². The lowest BCUT2D eigenvalue weighted by molar-refractivity contribution is 0.236. The number of benzene rings is 1. The zero-order chi connectivity index (χ0) is 16.1. The van der Waals surface area contributed by atoms with Gasteiger partial charge in [0.05, 0.1) is 24.5 Å². The van der Waals surface area contributed by atoms with Crippen LogP contribution in [-0.4, -0.2) is 11.0 Å². The molecule has 2 amide bonds. The van der Waals surface area contributed by atoms with Crippen LogP contribution in [0.3, 0.4) is 0 Å². The number of nitrogens with zero attached hydrogens (tertiary/aromatic N) is 1. The topological polar surface area (TPSA) is 67.2 Å². The Morgan fingerprint density at radius 2 is 2.09 bits per heavy atom. The van der Waals surface area contributed by atoms with Crippen LogP contribution in [0, 0.1) is 0 Å². The highest BCUT2D eigenvalue weighted by Crippen LogP contribution is 2.25. The second-order valence-corrected chi connectivity index (χ2v) is 5.95. The molecule has 6 heteroatoms. The van der Waals surface area contributed by atoms with Crippen molar-refractivity contribution in [2.24, 2.45) is 0 Å². The third-order valence-corrected chi connectivity index (χ3v) is 4.34. The van der Waals surface area contributed by atoms with Crippen LogP contribution in [-0.2, 0) is 6.54 Å². The van der Waals surface area contributed by atoms with E-state index in [-0.39, 0.29) is 12.1 Å². The highest BCUT2D eigenvalue weighted by molar-refractivity contribution is 7.10. The number of carbonyl (C=O) groups excluding carboxylic acids is 1. The molecule has 0 aliphatic carbocycles. The molecule has 2 aromatic heterocycles. The fourth-order valence-electron chi connectivity index (χ4n) is 2.12. The molecule has 5 nitrogen and oxygen atoms in total. The molecule has 2 heterocycles. The van der Waals surface area contributed by atoms with Gasteiger partial charge in [0, 0.05) is 10.9 Å². The Morgan fingerprint density at radius 3 is 2.83 bits per heavy atom. The number of rotatable bonds is 5. The van der Waals surface area contributed by atoms with Crippen molar-refractivity contribution >= 4 is 17.4 Å². The van der Waals surface area contributed by atoms with Crippen LogP contribution >= 0.6 is 11.3 Å². The fourth-order valence-corrected chi connectivity index (χ4v) is 2.95. The van der Waals surface area contributed by atoms with Gasteiger partial charge >= 0.3 is 6.03 Å². The van der Waals surface area contributed by atoms with Gasteiger partial charge in [-0.1, -0.05) is 30.3 Å². The lowest BCUT2D eigenvalue weighted by Crippen LogP contribution is -2.36. The number of hydrogen-bond donors (Lipinski definition) is 2. The highest BCUT2D eigenvalue weighted by atomic mass is 32.1. The lowest BCUT2D eigenvalue weighted by Gasteiger charge is -2.11. The highest BCUT2D eigenvalue weighted by Gasteiger charge is 2.14. The molecule has 1 atom stereocenters. The van der Waals surface area contributed by atoms with E-state index in [9.17, 15) is 4.79 Å². The second kappa shape index (κ2) is 7.11. The van der Waals surface area contributed by atoms with Gasteiger partial charge in [0.1, 0.15) is 10.8 Å². The number of nitrogens with one attached hydrogen (secondary N) is 2. The predicted octanol–water partition coefficient (Wildman–Crippen LogP) is 3.96. The Balaban J connectivity index is 1.57. The summed E-state index contributed by atoms with van der Waals surface area (Å²) in [5.41, 5.74) is 2.00. The number of thiazole rings is 1. The fraction of sp³-hybridized carbons (Fsp3) is 0.176. The molecular formula is C17H17N3O2S. The molecule has 0 saturated carbocycles. The molecule has 0 aliphatic heterocycles. The average Bonchev–Trinajstić information content (AvgIpc) is 3.25. The molecule has 0 bridgehead atoms. The third kappa shape index (κ3) is 3.98. The quantitative estimate of drug-likeness (QED) is 0.745. The summed E-state index contributed by atoms with van der Waals surface area (Å²) in [6.45, 7) is 2.28. The number of hydrogen-bond acceptors (Lipinski definition) is 4. The summed E-state index contributed by atoms with van der Waals surface area (Å²) < 4.78 is 5.17. The monoisotopic (exact) mass is 327 g/mol. The van der Waals surface area contributed by atoms with E-state index < -0.39 is 0 Å². The van der Waals surface area contributed by atoms with Crippen molar-refractivity contribution in [2.75, 3.05) is 0 Å². The number of amides is 2. The van der Waals surface area contributed by atoms with Crippen molar-refractivity contribution in [3.8, 4) is 11.3 Å². The summed E-state index contributed by atoms with van der Waals surface area (Å²) in [7, 11) is 0. The summed E-state index contributed by atoms with van der Waals surface area (Å²) in [5.74, 6) is 0.716.